The Labute approximate surface area is 138 Å². The molecule has 1 aliphatic carbocycles. The first-order valence-corrected chi connectivity index (χ1v) is 12.3. The van der Waals surface area contributed by atoms with Crippen molar-refractivity contribution in [3.8, 4) is 0 Å². The van der Waals surface area contributed by atoms with Crippen LogP contribution < -0.4 is 0 Å². The van der Waals surface area contributed by atoms with Crippen molar-refractivity contribution in [2.45, 2.75) is 61.5 Å². The van der Waals surface area contributed by atoms with Gasteiger partial charge in [-0.3, -0.25) is 0 Å². The summed E-state index contributed by atoms with van der Waals surface area (Å²) in [5.74, 6) is -0.342. The van der Waals surface area contributed by atoms with Crippen LogP contribution in [0.2, 0.25) is 25.2 Å². The third-order valence-electron chi connectivity index (χ3n) is 4.05. The van der Waals surface area contributed by atoms with Crippen molar-refractivity contribution >= 4 is 31.5 Å². The van der Waals surface area contributed by atoms with Gasteiger partial charge >= 0.3 is 5.97 Å². The van der Waals surface area contributed by atoms with Crippen molar-refractivity contribution < 1.29 is 9.63 Å². The van der Waals surface area contributed by atoms with Gasteiger partial charge in [0, 0.05) is 19.9 Å². The third-order valence-corrected chi connectivity index (χ3v) is 8.54. The molecule has 1 aromatic carbocycles. The summed E-state index contributed by atoms with van der Waals surface area (Å²) in [7, 11) is -1.31. The van der Waals surface area contributed by atoms with E-state index in [0.29, 0.717) is 10.8 Å². The van der Waals surface area contributed by atoms with Crippen LogP contribution >= 0.6 is 11.8 Å². The lowest BCUT2D eigenvalue weighted by molar-refractivity contribution is -0.141. The van der Waals surface area contributed by atoms with Gasteiger partial charge in [0.2, 0.25) is 0 Å². The second-order valence-electron chi connectivity index (χ2n) is 6.88. The van der Waals surface area contributed by atoms with E-state index in [1.807, 2.05) is 17.8 Å². The average molecular weight is 336 g/mol. The third kappa shape index (κ3) is 4.71. The van der Waals surface area contributed by atoms with E-state index in [1.165, 1.54) is 18.2 Å². The van der Waals surface area contributed by atoms with E-state index >= 15 is 0 Å². The van der Waals surface area contributed by atoms with Crippen molar-refractivity contribution in [1.29, 1.82) is 0 Å². The number of nitrogens with zero attached hydrogens (tertiary/aromatic N) is 1. The summed E-state index contributed by atoms with van der Waals surface area (Å²) >= 11 is 1.87. The summed E-state index contributed by atoms with van der Waals surface area (Å²) in [6.07, 6.45) is 3.32. The van der Waals surface area contributed by atoms with Gasteiger partial charge in [0.1, 0.15) is 0 Å². The van der Waals surface area contributed by atoms with Crippen LogP contribution in [0.4, 0.5) is 0 Å². The second-order valence-corrected chi connectivity index (χ2v) is 13.6. The van der Waals surface area contributed by atoms with Gasteiger partial charge in [-0.05, 0) is 30.5 Å². The molecule has 1 aromatic rings. The van der Waals surface area contributed by atoms with E-state index < -0.39 is 8.07 Å². The lowest BCUT2D eigenvalue weighted by Gasteiger charge is -2.39. The minimum Gasteiger partial charge on any atom is -0.319 e. The molecule has 0 unspecified atom stereocenters. The van der Waals surface area contributed by atoms with Gasteiger partial charge in [-0.1, -0.05) is 49.4 Å². The molecular formula is C17H25NO2SSi. The van der Waals surface area contributed by atoms with Crippen LogP contribution in [-0.2, 0) is 9.63 Å². The number of hydrogen-bond donors (Lipinski definition) is 0. The first kappa shape index (κ1) is 17.3. The van der Waals surface area contributed by atoms with Gasteiger partial charge < -0.3 is 4.84 Å². The lowest BCUT2D eigenvalue weighted by atomic mass is 9.97. The lowest BCUT2D eigenvalue weighted by Crippen LogP contribution is -2.41. The molecule has 0 amide bonds. The largest absolute Gasteiger partial charge is 0.331 e. The van der Waals surface area contributed by atoms with Crippen molar-refractivity contribution in [2.75, 3.05) is 0 Å². The highest BCUT2D eigenvalue weighted by Gasteiger charge is 2.39. The van der Waals surface area contributed by atoms with Crippen molar-refractivity contribution in [1.82, 2.24) is 0 Å². The van der Waals surface area contributed by atoms with Crippen LogP contribution in [0.15, 0.2) is 40.4 Å². The molecule has 1 fully saturated rings. The maximum Gasteiger partial charge on any atom is 0.331 e. The number of benzene rings is 1. The second kappa shape index (κ2) is 7.46. The van der Waals surface area contributed by atoms with E-state index in [2.05, 4.69) is 49.1 Å². The molecule has 0 spiro atoms. The highest BCUT2D eigenvalue weighted by atomic mass is 32.2. The van der Waals surface area contributed by atoms with Gasteiger partial charge in [-0.15, -0.1) is 11.8 Å². The molecule has 2 rings (SSSR count). The van der Waals surface area contributed by atoms with E-state index in [9.17, 15) is 4.79 Å². The summed E-state index contributed by atoms with van der Waals surface area (Å²) in [6.45, 7) is 8.67. The van der Waals surface area contributed by atoms with Crippen molar-refractivity contribution in [3.63, 3.8) is 0 Å². The summed E-state index contributed by atoms with van der Waals surface area (Å²) in [5, 5.41) is 4.51. The fraction of sp³-hybridized carbons (Fsp3) is 0.529. The van der Waals surface area contributed by atoms with Gasteiger partial charge in [-0.2, -0.15) is 0 Å². The average Bonchev–Trinajstić information content (AvgIpc) is 2.46. The Hall–Kier alpha value is -1.07. The van der Waals surface area contributed by atoms with Gasteiger partial charge in [-0.25, -0.2) is 4.79 Å². The first-order valence-electron chi connectivity index (χ1n) is 7.84. The number of carbonyl (C=O) groups excluding carboxylic acids is 1. The van der Waals surface area contributed by atoms with Crippen LogP contribution in [0.3, 0.4) is 0 Å². The zero-order valence-electron chi connectivity index (χ0n) is 13.8. The molecular weight excluding hydrogens is 310 g/mol. The minimum absolute atomic E-state index is 0.321. The molecule has 2 atom stereocenters. The molecule has 1 aliphatic rings. The Balaban J connectivity index is 2.27. The van der Waals surface area contributed by atoms with E-state index in [0.717, 1.165) is 18.6 Å². The minimum atomic E-state index is -1.31. The topological polar surface area (TPSA) is 38.7 Å². The molecule has 0 N–H and O–H groups in total. The van der Waals surface area contributed by atoms with Crippen LogP contribution in [0, 0.1) is 0 Å². The SMILES string of the molecule is CC(=O)O/N=C1\CCC[C@@H]([Si](C)(C)C)[C@@H]1Sc1ccccc1. The predicted molar refractivity (Wildman–Crippen MR) is 96.2 cm³/mol. The maximum absolute atomic E-state index is 11.1. The molecule has 0 radical (unpaired) electrons. The number of hydrogen-bond acceptors (Lipinski definition) is 4. The highest BCUT2D eigenvalue weighted by Crippen LogP contribution is 2.44. The summed E-state index contributed by atoms with van der Waals surface area (Å²) in [4.78, 5) is 17.3. The van der Waals surface area contributed by atoms with Crippen molar-refractivity contribution in [3.05, 3.63) is 30.3 Å². The Bertz CT molecular complexity index is 539. The van der Waals surface area contributed by atoms with Crippen LogP contribution in [0.25, 0.3) is 0 Å². The Kier molecular flexibility index (Phi) is 5.86. The first-order chi connectivity index (χ1) is 10.4. The summed E-state index contributed by atoms with van der Waals surface area (Å²) < 4.78 is 0. The van der Waals surface area contributed by atoms with E-state index in [-0.39, 0.29) is 5.97 Å². The molecule has 120 valence electrons. The van der Waals surface area contributed by atoms with Crippen LogP contribution in [-0.4, -0.2) is 25.0 Å². The molecule has 0 bridgehead atoms. The summed E-state index contributed by atoms with van der Waals surface area (Å²) in [6, 6.07) is 10.5. The standard InChI is InChI=1S/C17H25NO2SSi/c1-13(19)20-18-15-11-8-12-16(22(2,3)4)17(15)21-14-9-6-5-7-10-14/h5-7,9-10,16-17H,8,11-12H2,1-4H3/b18-15+/t16-,17-/m1/s1. The smallest absolute Gasteiger partial charge is 0.319 e. The zero-order valence-corrected chi connectivity index (χ0v) is 15.7. The molecule has 1 saturated carbocycles. The molecule has 0 saturated heterocycles. The number of thioether (sulfide) groups is 1. The van der Waals surface area contributed by atoms with Gasteiger partial charge in [0.05, 0.1) is 11.0 Å². The van der Waals surface area contributed by atoms with E-state index in [4.69, 9.17) is 4.84 Å². The molecule has 22 heavy (non-hydrogen) atoms. The Morgan fingerprint density at radius 2 is 1.95 bits per heavy atom. The number of rotatable bonds is 4. The normalized spacial score (nSPS) is 24.3. The molecule has 0 aromatic heterocycles. The fourth-order valence-corrected chi connectivity index (χ4v) is 7.74. The van der Waals surface area contributed by atoms with Crippen LogP contribution in [0.5, 0.6) is 0 Å². The zero-order chi connectivity index (χ0) is 16.2. The molecule has 0 aliphatic heterocycles. The Morgan fingerprint density at radius 3 is 2.55 bits per heavy atom. The monoisotopic (exact) mass is 335 g/mol. The maximum atomic E-state index is 11.1. The summed E-state index contributed by atoms with van der Waals surface area (Å²) in [5.41, 5.74) is 1.70. The molecule has 0 heterocycles. The molecule has 3 nitrogen and oxygen atoms in total. The Morgan fingerprint density at radius 1 is 1.27 bits per heavy atom. The quantitative estimate of drug-likeness (QED) is 0.443. The highest BCUT2D eigenvalue weighted by molar-refractivity contribution is 8.00. The van der Waals surface area contributed by atoms with E-state index in [1.54, 1.807) is 0 Å². The number of oxime groups is 1. The predicted octanol–water partition coefficient (Wildman–Crippen LogP) is 4.96. The fourth-order valence-electron chi connectivity index (χ4n) is 2.93. The van der Waals surface area contributed by atoms with Crippen molar-refractivity contribution in [2.24, 2.45) is 5.16 Å². The van der Waals surface area contributed by atoms with Gasteiger partial charge in [0.15, 0.2) is 0 Å². The van der Waals surface area contributed by atoms with Crippen LogP contribution in [0.1, 0.15) is 26.2 Å². The molecule has 5 heteroatoms. The van der Waals surface area contributed by atoms with Gasteiger partial charge in [0.25, 0.3) is 0 Å². The number of carbonyl (C=O) groups is 1.